The van der Waals surface area contributed by atoms with Gasteiger partial charge in [-0.05, 0) is 30.4 Å². The Morgan fingerprint density at radius 3 is 2.48 bits per heavy atom. The van der Waals surface area contributed by atoms with Crippen LogP contribution in [0.1, 0.15) is 31.2 Å². The molecule has 5 heteroatoms. The maximum absolute atomic E-state index is 12.8. The Morgan fingerprint density at radius 1 is 1.22 bits per heavy atom. The number of hydrogen-bond donors (Lipinski definition) is 1. The molecule has 144 valence electrons. The van der Waals surface area contributed by atoms with Crippen LogP contribution in [0.25, 0.3) is 5.57 Å². The molecule has 2 N–H and O–H groups in total. The highest BCUT2D eigenvalue weighted by Gasteiger charge is 2.34. The van der Waals surface area contributed by atoms with E-state index in [9.17, 15) is 9.59 Å². The molecule has 5 nitrogen and oxygen atoms in total. The number of carbonyl (C=O) groups is 2. The van der Waals surface area contributed by atoms with E-state index in [1.807, 2.05) is 23.1 Å². The van der Waals surface area contributed by atoms with Crippen LogP contribution in [0.4, 0.5) is 0 Å². The highest BCUT2D eigenvalue weighted by Crippen LogP contribution is 2.36. The van der Waals surface area contributed by atoms with E-state index in [0.29, 0.717) is 38.9 Å². The summed E-state index contributed by atoms with van der Waals surface area (Å²) in [6.45, 7) is 1.65. The molecule has 1 saturated heterocycles. The van der Waals surface area contributed by atoms with Crippen LogP contribution in [-0.2, 0) is 14.3 Å². The monoisotopic (exact) mass is 368 g/mol. The van der Waals surface area contributed by atoms with Crippen LogP contribution in [0, 0.1) is 11.3 Å². The maximum atomic E-state index is 12.8. The summed E-state index contributed by atoms with van der Waals surface area (Å²) in [5, 5.41) is 0. The van der Waals surface area contributed by atoms with Crippen molar-refractivity contribution in [1.82, 2.24) is 4.90 Å². The van der Waals surface area contributed by atoms with Crippen LogP contribution in [0.3, 0.4) is 0 Å². The second-order valence-corrected chi connectivity index (χ2v) is 7.48. The number of allylic oxidation sites excluding steroid dienone is 3. The molecule has 1 heterocycles. The molecule has 0 bridgehead atoms. The number of esters is 1. The lowest BCUT2D eigenvalue weighted by Gasteiger charge is -2.35. The largest absolute Gasteiger partial charge is 0.469 e. The Balaban J connectivity index is 1.59. The van der Waals surface area contributed by atoms with Gasteiger partial charge in [0.2, 0.25) is 5.91 Å². The lowest BCUT2D eigenvalue weighted by atomic mass is 9.76. The Labute approximate surface area is 160 Å². The van der Waals surface area contributed by atoms with Crippen molar-refractivity contribution >= 4 is 17.4 Å². The average molecular weight is 368 g/mol. The van der Waals surface area contributed by atoms with Crippen molar-refractivity contribution in [2.45, 2.75) is 25.7 Å². The fourth-order valence-electron chi connectivity index (χ4n) is 3.86. The number of nitrogens with two attached hydrogens (primary N) is 1. The highest BCUT2D eigenvalue weighted by molar-refractivity contribution is 5.80. The summed E-state index contributed by atoms with van der Waals surface area (Å²) in [5.41, 5.74) is 8.09. The predicted octanol–water partition coefficient (Wildman–Crippen LogP) is 2.78. The number of benzene rings is 1. The van der Waals surface area contributed by atoms with Crippen molar-refractivity contribution in [3.8, 4) is 0 Å². The summed E-state index contributed by atoms with van der Waals surface area (Å²) in [6.07, 6.45) is 8.87. The zero-order chi connectivity index (χ0) is 19.3. The van der Waals surface area contributed by atoms with E-state index in [4.69, 9.17) is 10.5 Å². The van der Waals surface area contributed by atoms with Gasteiger partial charge in [-0.15, -0.1) is 0 Å². The lowest BCUT2D eigenvalue weighted by Crippen LogP contribution is -2.43. The molecule has 1 fully saturated rings. The van der Waals surface area contributed by atoms with Crippen molar-refractivity contribution in [3.63, 3.8) is 0 Å². The molecule has 3 rings (SSSR count). The van der Waals surface area contributed by atoms with Gasteiger partial charge < -0.3 is 15.4 Å². The number of piperidine rings is 1. The quantitative estimate of drug-likeness (QED) is 0.811. The van der Waals surface area contributed by atoms with Crippen LogP contribution in [0.15, 0.2) is 48.6 Å². The maximum Gasteiger partial charge on any atom is 0.308 e. The van der Waals surface area contributed by atoms with E-state index in [0.717, 1.165) is 6.42 Å². The zero-order valence-electron chi connectivity index (χ0n) is 15.9. The van der Waals surface area contributed by atoms with E-state index in [-0.39, 0.29) is 23.2 Å². The van der Waals surface area contributed by atoms with Crippen molar-refractivity contribution in [2.24, 2.45) is 17.1 Å². The molecule has 0 aromatic heterocycles. The molecule has 0 saturated carbocycles. The molecule has 1 aliphatic carbocycles. The summed E-state index contributed by atoms with van der Waals surface area (Å²) in [5.74, 6) is -0.146. The summed E-state index contributed by atoms with van der Waals surface area (Å²) in [4.78, 5) is 26.3. The summed E-state index contributed by atoms with van der Waals surface area (Å²) in [6, 6.07) is 10.2. The van der Waals surface area contributed by atoms with Crippen molar-refractivity contribution in [1.29, 1.82) is 0 Å². The van der Waals surface area contributed by atoms with E-state index in [2.05, 4.69) is 30.4 Å². The zero-order valence-corrected chi connectivity index (χ0v) is 15.9. The van der Waals surface area contributed by atoms with Crippen LogP contribution in [0.5, 0.6) is 0 Å². The number of likely N-dealkylation sites (tertiary alicyclic amines) is 1. The molecule has 0 spiro atoms. The summed E-state index contributed by atoms with van der Waals surface area (Å²) < 4.78 is 4.81. The number of methoxy groups -OCH3 is 1. The third kappa shape index (κ3) is 4.48. The van der Waals surface area contributed by atoms with Gasteiger partial charge in [0.1, 0.15) is 0 Å². The Morgan fingerprint density at radius 2 is 1.93 bits per heavy atom. The smallest absolute Gasteiger partial charge is 0.308 e. The third-order valence-corrected chi connectivity index (χ3v) is 5.74. The number of nitrogens with zero attached hydrogens (tertiary/aromatic N) is 1. The summed E-state index contributed by atoms with van der Waals surface area (Å²) in [7, 11) is 1.41. The molecule has 1 aromatic carbocycles. The van der Waals surface area contributed by atoms with Gasteiger partial charge in [0, 0.05) is 31.5 Å². The van der Waals surface area contributed by atoms with Crippen molar-refractivity contribution in [3.05, 3.63) is 54.1 Å². The predicted molar refractivity (Wildman–Crippen MR) is 106 cm³/mol. The molecule has 1 unspecified atom stereocenters. The lowest BCUT2D eigenvalue weighted by molar-refractivity contribution is -0.149. The molecule has 2 aliphatic rings. The number of rotatable bonds is 5. The fraction of sp³-hybridized carbons (Fsp3) is 0.455. The third-order valence-electron chi connectivity index (χ3n) is 5.74. The molecule has 1 amide bonds. The van der Waals surface area contributed by atoms with Gasteiger partial charge in [-0.2, -0.15) is 0 Å². The van der Waals surface area contributed by atoms with Crippen LogP contribution >= 0.6 is 0 Å². The Bertz CT molecular complexity index is 733. The molecular weight excluding hydrogens is 340 g/mol. The van der Waals surface area contributed by atoms with E-state index < -0.39 is 0 Å². The van der Waals surface area contributed by atoms with Gasteiger partial charge in [0.05, 0.1) is 13.0 Å². The highest BCUT2D eigenvalue weighted by atomic mass is 16.5. The first-order valence-corrected chi connectivity index (χ1v) is 9.57. The minimum Gasteiger partial charge on any atom is -0.469 e. The number of hydrogen-bond acceptors (Lipinski definition) is 4. The normalized spacial score (nSPS) is 23.0. The minimum absolute atomic E-state index is 0.0894. The van der Waals surface area contributed by atoms with Gasteiger partial charge >= 0.3 is 5.97 Å². The van der Waals surface area contributed by atoms with Crippen LogP contribution in [-0.4, -0.2) is 43.5 Å². The van der Waals surface area contributed by atoms with Gasteiger partial charge in [-0.1, -0.05) is 48.6 Å². The number of amides is 1. The number of carbonyl (C=O) groups excluding carboxylic acids is 2. The molecule has 0 radical (unpaired) electrons. The standard InChI is InChI=1S/C22H28N2O3/c1-27-21(26)19-9-13-24(14-10-19)20(25)15-22(16-23)11-7-18(8-12-22)17-5-3-2-4-6-17/h2-8,11,19H,9-10,12-16,23H2,1H3. The van der Waals surface area contributed by atoms with E-state index >= 15 is 0 Å². The Kier molecular flexibility index (Phi) is 6.11. The number of ether oxygens (including phenoxy) is 1. The molecule has 1 atom stereocenters. The van der Waals surface area contributed by atoms with E-state index in [1.54, 1.807) is 0 Å². The Hall–Kier alpha value is -2.40. The second-order valence-electron chi connectivity index (χ2n) is 7.48. The molecule has 27 heavy (non-hydrogen) atoms. The molecule has 1 aromatic rings. The van der Waals surface area contributed by atoms with Gasteiger partial charge in [-0.3, -0.25) is 9.59 Å². The summed E-state index contributed by atoms with van der Waals surface area (Å²) >= 11 is 0. The fourth-order valence-corrected chi connectivity index (χ4v) is 3.86. The SMILES string of the molecule is COC(=O)C1CCN(C(=O)CC2(CN)C=CC(c3ccccc3)=CC2)CC1. The van der Waals surface area contributed by atoms with Gasteiger partial charge in [0.25, 0.3) is 0 Å². The van der Waals surface area contributed by atoms with Gasteiger partial charge in [-0.25, -0.2) is 0 Å². The van der Waals surface area contributed by atoms with Gasteiger partial charge in [0.15, 0.2) is 0 Å². The van der Waals surface area contributed by atoms with Crippen LogP contribution in [0.2, 0.25) is 0 Å². The molecular formula is C22H28N2O3. The minimum atomic E-state index is -0.325. The van der Waals surface area contributed by atoms with Crippen LogP contribution < -0.4 is 5.73 Å². The van der Waals surface area contributed by atoms with E-state index in [1.165, 1.54) is 18.2 Å². The molecule has 1 aliphatic heterocycles. The second kappa shape index (κ2) is 8.53. The van der Waals surface area contributed by atoms with Crippen molar-refractivity contribution in [2.75, 3.05) is 26.7 Å². The van der Waals surface area contributed by atoms with Crippen molar-refractivity contribution < 1.29 is 14.3 Å². The topological polar surface area (TPSA) is 72.6 Å². The first kappa shape index (κ1) is 19.4. The first-order chi connectivity index (χ1) is 13.1. The first-order valence-electron chi connectivity index (χ1n) is 9.57. The average Bonchev–Trinajstić information content (AvgIpc) is 2.74.